The maximum atomic E-state index is 12.0. The maximum Gasteiger partial charge on any atom is 0.333 e. The standard InChI is InChI=1S/C69H78N2O8/c1-45(2)66(72)76-36-14-18-54-22-31-61(41-49(54)9)70(62-32-23-55(50(10)42-62)19-15-37-77-67(73)46(3)4)60-29-26-58(27-30-60)59-28-35-65(53(13)40-59)71(63-33-24-56(51(11)43-63)20-16-38-78-68(74)47(5)6)64-34-25-57(52(12)44-64)21-17-39-79-69(75)48(7)8/h22-35,40-44H,1,3,5,7,14-21,36-39H2,2,4,6,8-13H3. The summed E-state index contributed by atoms with van der Waals surface area (Å²) >= 11 is 0. The van der Waals surface area contributed by atoms with Gasteiger partial charge in [0.1, 0.15) is 0 Å². The molecule has 0 aliphatic carbocycles. The summed E-state index contributed by atoms with van der Waals surface area (Å²) in [6.45, 7) is 33.3. The van der Waals surface area contributed by atoms with Crippen LogP contribution in [0.1, 0.15) is 103 Å². The van der Waals surface area contributed by atoms with E-state index in [-0.39, 0.29) is 23.9 Å². The van der Waals surface area contributed by atoms with Crippen molar-refractivity contribution in [1.29, 1.82) is 0 Å². The topological polar surface area (TPSA) is 112 Å². The number of carbonyl (C=O) groups is 4. The van der Waals surface area contributed by atoms with Crippen LogP contribution >= 0.6 is 0 Å². The van der Waals surface area contributed by atoms with Crippen LogP contribution < -0.4 is 9.80 Å². The highest BCUT2D eigenvalue weighted by Crippen LogP contribution is 2.41. The Kier molecular flexibility index (Phi) is 21.6. The molecule has 6 rings (SSSR count). The molecular weight excluding hydrogens is 985 g/mol. The first-order chi connectivity index (χ1) is 37.7. The van der Waals surface area contributed by atoms with E-state index < -0.39 is 0 Å². The summed E-state index contributed by atoms with van der Waals surface area (Å²) in [4.78, 5) is 52.6. The maximum absolute atomic E-state index is 12.0. The summed E-state index contributed by atoms with van der Waals surface area (Å²) in [5.74, 6) is -1.48. The second-order valence-corrected chi connectivity index (χ2v) is 20.7. The first-order valence-electron chi connectivity index (χ1n) is 27.2. The SMILES string of the molecule is C=C(C)C(=O)OCCCc1ccc(N(c2ccc(-c3ccc(N(c4ccc(CCCOC(=O)C(=C)C)c(C)c4)c4ccc(CCCOC(=O)C(=C)C)c(C)c4)c(C)c3)cc2)c2ccc(CCCOC(=O)C(=C)C)c(C)c2)cc1C. The predicted molar refractivity (Wildman–Crippen MR) is 321 cm³/mol. The summed E-state index contributed by atoms with van der Waals surface area (Å²) in [5, 5.41) is 0. The van der Waals surface area contributed by atoms with Crippen LogP contribution in [0.4, 0.5) is 34.1 Å². The minimum atomic E-state index is -0.369. The van der Waals surface area contributed by atoms with E-state index in [1.807, 2.05) is 0 Å². The number of anilines is 6. The molecule has 0 bridgehead atoms. The Morgan fingerprint density at radius 3 is 0.899 bits per heavy atom. The third-order valence-corrected chi connectivity index (χ3v) is 13.9. The minimum absolute atomic E-state index is 0.328. The van der Waals surface area contributed by atoms with Gasteiger partial charge in [-0.15, -0.1) is 0 Å². The van der Waals surface area contributed by atoms with Crippen molar-refractivity contribution in [3.05, 3.63) is 214 Å². The third kappa shape index (κ3) is 16.6. The smallest absolute Gasteiger partial charge is 0.333 e. The minimum Gasteiger partial charge on any atom is -0.462 e. The van der Waals surface area contributed by atoms with Gasteiger partial charge in [-0.2, -0.15) is 0 Å². The Bertz CT molecular complexity index is 3070. The number of carbonyl (C=O) groups excluding carboxylic acids is 4. The molecule has 0 saturated heterocycles. The van der Waals surface area contributed by atoms with Crippen molar-refractivity contribution in [3.63, 3.8) is 0 Å². The number of benzene rings is 6. The number of hydrogen-bond acceptors (Lipinski definition) is 10. The average molecular weight is 1060 g/mol. The molecule has 6 aromatic rings. The van der Waals surface area contributed by atoms with E-state index in [9.17, 15) is 19.2 Å². The van der Waals surface area contributed by atoms with Crippen LogP contribution in [0.3, 0.4) is 0 Å². The Balaban J connectivity index is 1.30. The Morgan fingerprint density at radius 1 is 0.342 bits per heavy atom. The van der Waals surface area contributed by atoms with Crippen LogP contribution in [0.25, 0.3) is 11.1 Å². The van der Waals surface area contributed by atoms with Gasteiger partial charge in [-0.3, -0.25) is 0 Å². The van der Waals surface area contributed by atoms with Gasteiger partial charge < -0.3 is 28.7 Å². The molecule has 0 aliphatic rings. The van der Waals surface area contributed by atoms with Crippen LogP contribution in [0.2, 0.25) is 0 Å². The number of ether oxygens (including phenoxy) is 4. The van der Waals surface area contributed by atoms with Gasteiger partial charge in [-0.1, -0.05) is 68.8 Å². The normalized spacial score (nSPS) is 10.8. The molecule has 0 unspecified atom stereocenters. The van der Waals surface area contributed by atoms with E-state index in [1.54, 1.807) is 27.7 Å². The summed E-state index contributed by atoms with van der Waals surface area (Å²) in [6, 6.07) is 41.6. The van der Waals surface area contributed by atoms with Crippen LogP contribution in [0.5, 0.6) is 0 Å². The van der Waals surface area contributed by atoms with Crippen LogP contribution in [-0.4, -0.2) is 50.3 Å². The van der Waals surface area contributed by atoms with E-state index in [0.29, 0.717) is 74.4 Å². The van der Waals surface area contributed by atoms with Gasteiger partial charge in [-0.05, 0) is 248 Å². The zero-order valence-electron chi connectivity index (χ0n) is 47.9. The molecule has 6 aromatic carbocycles. The van der Waals surface area contributed by atoms with Gasteiger partial charge >= 0.3 is 23.9 Å². The van der Waals surface area contributed by atoms with Crippen molar-refractivity contribution in [2.75, 3.05) is 36.2 Å². The molecule has 10 nitrogen and oxygen atoms in total. The van der Waals surface area contributed by atoms with Crippen LogP contribution in [0.15, 0.2) is 164 Å². The van der Waals surface area contributed by atoms with Gasteiger partial charge in [0.15, 0.2) is 0 Å². The van der Waals surface area contributed by atoms with Gasteiger partial charge in [0, 0.05) is 56.4 Å². The van der Waals surface area contributed by atoms with E-state index in [2.05, 4.69) is 186 Å². The fourth-order valence-electron chi connectivity index (χ4n) is 9.36. The predicted octanol–water partition coefficient (Wildman–Crippen LogP) is 16.0. The number of esters is 4. The van der Waals surface area contributed by atoms with Crippen molar-refractivity contribution in [1.82, 2.24) is 0 Å². The van der Waals surface area contributed by atoms with E-state index in [4.69, 9.17) is 18.9 Å². The summed E-state index contributed by atoms with van der Waals surface area (Å²) in [7, 11) is 0. The molecule has 0 amide bonds. The second-order valence-electron chi connectivity index (χ2n) is 20.7. The fourth-order valence-corrected chi connectivity index (χ4v) is 9.36. The van der Waals surface area contributed by atoms with Crippen LogP contribution in [-0.2, 0) is 63.8 Å². The van der Waals surface area contributed by atoms with Gasteiger partial charge in [0.2, 0.25) is 0 Å². The molecule has 0 radical (unpaired) electrons. The molecule has 0 aliphatic heterocycles. The lowest BCUT2D eigenvalue weighted by Crippen LogP contribution is -2.13. The zero-order valence-corrected chi connectivity index (χ0v) is 47.9. The summed E-state index contributed by atoms with van der Waals surface area (Å²) in [6.07, 6.45) is 5.87. The molecule has 0 saturated carbocycles. The second kappa shape index (κ2) is 28.4. The number of aryl methyl sites for hydroxylation is 9. The lowest BCUT2D eigenvalue weighted by Gasteiger charge is -2.29. The number of rotatable bonds is 27. The Labute approximate surface area is 469 Å². The fraction of sp³-hybridized carbons (Fsp3) is 0.304. The molecule has 0 spiro atoms. The van der Waals surface area contributed by atoms with E-state index >= 15 is 0 Å². The Morgan fingerprint density at radius 2 is 0.620 bits per heavy atom. The molecule has 0 N–H and O–H groups in total. The first-order valence-corrected chi connectivity index (χ1v) is 27.2. The average Bonchev–Trinajstić information content (AvgIpc) is 3.45. The van der Waals surface area contributed by atoms with Crippen molar-refractivity contribution in [2.24, 2.45) is 0 Å². The molecule has 0 heterocycles. The van der Waals surface area contributed by atoms with Gasteiger partial charge in [0.25, 0.3) is 0 Å². The van der Waals surface area contributed by atoms with Crippen molar-refractivity contribution >= 4 is 58.0 Å². The molecule has 79 heavy (non-hydrogen) atoms. The monoisotopic (exact) mass is 1060 g/mol. The van der Waals surface area contributed by atoms with Crippen LogP contribution in [0, 0.1) is 34.6 Å². The van der Waals surface area contributed by atoms with Gasteiger partial charge in [-0.25, -0.2) is 19.2 Å². The summed E-state index contributed by atoms with van der Waals surface area (Å²) in [5.41, 5.74) is 20.3. The number of hydrogen-bond donors (Lipinski definition) is 0. The zero-order chi connectivity index (χ0) is 57.3. The largest absolute Gasteiger partial charge is 0.462 e. The summed E-state index contributed by atoms with van der Waals surface area (Å²) < 4.78 is 21.5. The van der Waals surface area contributed by atoms with E-state index in [0.717, 1.165) is 98.8 Å². The molecule has 0 fully saturated rings. The lowest BCUT2D eigenvalue weighted by atomic mass is 9.98. The first kappa shape index (κ1) is 60.0. The van der Waals surface area contributed by atoms with Crippen molar-refractivity contribution < 1.29 is 38.1 Å². The molecular formula is C69H78N2O8. The molecule has 0 atom stereocenters. The lowest BCUT2D eigenvalue weighted by molar-refractivity contribution is -0.139. The molecule has 0 aromatic heterocycles. The number of nitrogens with zero attached hydrogens (tertiary/aromatic N) is 2. The van der Waals surface area contributed by atoms with Crippen molar-refractivity contribution in [3.8, 4) is 11.1 Å². The van der Waals surface area contributed by atoms with Crippen molar-refractivity contribution in [2.45, 2.75) is 114 Å². The molecule has 10 heteroatoms. The highest BCUT2D eigenvalue weighted by atomic mass is 16.5. The highest BCUT2D eigenvalue weighted by molar-refractivity contribution is 5.88. The van der Waals surface area contributed by atoms with Gasteiger partial charge in [0.05, 0.1) is 26.4 Å². The molecule has 412 valence electrons. The Hall–Kier alpha value is -8.24. The van der Waals surface area contributed by atoms with E-state index in [1.165, 1.54) is 22.3 Å². The third-order valence-electron chi connectivity index (χ3n) is 13.9. The highest BCUT2D eigenvalue weighted by Gasteiger charge is 2.20. The quantitative estimate of drug-likeness (QED) is 0.0214.